The van der Waals surface area contributed by atoms with E-state index in [2.05, 4.69) is 40.2 Å². The molecule has 0 saturated carbocycles. The first kappa shape index (κ1) is 11.3. The quantitative estimate of drug-likeness (QED) is 0.795. The molecule has 0 aliphatic rings. The van der Waals surface area contributed by atoms with Gasteiger partial charge in [0.2, 0.25) is 0 Å². The first-order valence-corrected chi connectivity index (χ1v) is 6.06. The van der Waals surface area contributed by atoms with Crippen molar-refractivity contribution < 1.29 is 4.74 Å². The largest absolute Gasteiger partial charge is 0.497 e. The summed E-state index contributed by atoms with van der Waals surface area (Å²) < 4.78 is 8.32. The fourth-order valence-corrected chi connectivity index (χ4v) is 2.85. The van der Waals surface area contributed by atoms with Crippen molar-refractivity contribution in [3.63, 3.8) is 0 Å². The molecular weight excluding hydrogens is 315 g/mol. The Kier molecular flexibility index (Phi) is 3.06. The number of fused-ring (bicyclic) bond motifs is 1. The second-order valence-corrected chi connectivity index (χ2v) is 4.43. The maximum absolute atomic E-state index is 9.15. The van der Waals surface area contributed by atoms with Crippen LogP contribution in [0.15, 0.2) is 18.2 Å². The van der Waals surface area contributed by atoms with Gasteiger partial charge in [-0.15, -0.1) is 0 Å². The smallest absolute Gasteiger partial charge is 0.120 e. The molecule has 0 radical (unpaired) electrons. The summed E-state index contributed by atoms with van der Waals surface area (Å²) >= 11 is 2.22. The van der Waals surface area contributed by atoms with E-state index >= 15 is 0 Å². The topological polar surface area (TPSA) is 38.0 Å². The minimum absolute atomic E-state index is 0.750. The van der Waals surface area contributed by atoms with Gasteiger partial charge in [-0.25, -0.2) is 0 Å². The zero-order valence-corrected chi connectivity index (χ0v) is 11.3. The minimum Gasteiger partial charge on any atom is -0.497 e. The number of methoxy groups -OCH3 is 1. The predicted octanol–water partition coefficient (Wildman–Crippen LogP) is 3.15. The number of aromatic nitrogens is 1. The molecule has 3 nitrogen and oxygen atoms in total. The third-order valence-electron chi connectivity index (χ3n) is 2.64. The van der Waals surface area contributed by atoms with Crippen molar-refractivity contribution in [3.05, 3.63) is 27.5 Å². The van der Waals surface area contributed by atoms with Gasteiger partial charge in [-0.05, 0) is 41.6 Å². The maximum atomic E-state index is 9.15. The van der Waals surface area contributed by atoms with E-state index in [9.17, 15) is 0 Å². The molecule has 2 rings (SSSR count). The maximum Gasteiger partial charge on any atom is 0.120 e. The summed E-state index contributed by atoms with van der Waals surface area (Å²) in [7, 11) is 1.65. The molecule has 0 bridgehead atoms. The number of aryl methyl sites for hydroxylation is 1. The van der Waals surface area contributed by atoms with Gasteiger partial charge in [0, 0.05) is 18.0 Å². The molecule has 0 amide bonds. The van der Waals surface area contributed by atoms with E-state index in [0.29, 0.717) is 0 Å². The highest BCUT2D eigenvalue weighted by Gasteiger charge is 2.14. The molecule has 0 atom stereocenters. The zero-order chi connectivity index (χ0) is 11.7. The average Bonchev–Trinajstić information content (AvgIpc) is 2.59. The lowest BCUT2D eigenvalue weighted by atomic mass is 10.2. The molecule has 0 N–H and O–H groups in total. The van der Waals surface area contributed by atoms with Gasteiger partial charge in [-0.2, -0.15) is 5.26 Å². The van der Waals surface area contributed by atoms with Gasteiger partial charge in [0.05, 0.1) is 21.9 Å². The zero-order valence-electron chi connectivity index (χ0n) is 9.12. The predicted molar refractivity (Wildman–Crippen MR) is 71.6 cm³/mol. The average molecular weight is 326 g/mol. The van der Waals surface area contributed by atoms with Crippen LogP contribution in [0.25, 0.3) is 10.9 Å². The molecule has 0 spiro atoms. The SMILES string of the molecule is CCn1c(I)c(C#N)c2ccc(OC)cc21. The van der Waals surface area contributed by atoms with Gasteiger partial charge in [0.15, 0.2) is 0 Å². The number of nitriles is 1. The number of benzene rings is 1. The fraction of sp³-hybridized carbons (Fsp3) is 0.250. The van der Waals surface area contributed by atoms with Crippen LogP contribution in [-0.4, -0.2) is 11.7 Å². The van der Waals surface area contributed by atoms with E-state index in [1.807, 2.05) is 18.2 Å². The summed E-state index contributed by atoms with van der Waals surface area (Å²) in [5.74, 6) is 0.820. The summed E-state index contributed by atoms with van der Waals surface area (Å²) in [6.45, 7) is 2.92. The molecule has 0 aliphatic heterocycles. The minimum atomic E-state index is 0.750. The second kappa shape index (κ2) is 4.34. The third-order valence-corrected chi connectivity index (χ3v) is 3.76. The van der Waals surface area contributed by atoms with Crippen LogP contribution in [0.3, 0.4) is 0 Å². The van der Waals surface area contributed by atoms with Gasteiger partial charge in [0.25, 0.3) is 0 Å². The first-order chi connectivity index (χ1) is 7.72. The lowest BCUT2D eigenvalue weighted by Crippen LogP contribution is -1.96. The van der Waals surface area contributed by atoms with Crippen molar-refractivity contribution in [1.29, 1.82) is 5.26 Å². The van der Waals surface area contributed by atoms with E-state index in [1.165, 1.54) is 0 Å². The van der Waals surface area contributed by atoms with Gasteiger partial charge < -0.3 is 9.30 Å². The van der Waals surface area contributed by atoms with E-state index in [4.69, 9.17) is 10.00 Å². The summed E-state index contributed by atoms with van der Waals surface area (Å²) in [5.41, 5.74) is 1.81. The van der Waals surface area contributed by atoms with Crippen LogP contribution in [-0.2, 0) is 6.54 Å². The van der Waals surface area contributed by atoms with Gasteiger partial charge in [-0.3, -0.25) is 0 Å². The molecule has 0 saturated heterocycles. The number of rotatable bonds is 2. The Morgan fingerprint density at radius 2 is 2.25 bits per heavy atom. The highest BCUT2D eigenvalue weighted by Crippen LogP contribution is 2.29. The Balaban J connectivity index is 2.85. The molecule has 1 aromatic heterocycles. The van der Waals surface area contributed by atoms with Crippen molar-refractivity contribution in [3.8, 4) is 11.8 Å². The molecule has 82 valence electrons. The van der Waals surface area contributed by atoms with Crippen LogP contribution in [0.1, 0.15) is 12.5 Å². The molecule has 1 aromatic carbocycles. The summed E-state index contributed by atoms with van der Waals surface area (Å²) in [6, 6.07) is 8.07. The van der Waals surface area contributed by atoms with Crippen molar-refractivity contribution in [2.75, 3.05) is 7.11 Å². The Hall–Kier alpha value is -1.22. The highest BCUT2D eigenvalue weighted by atomic mass is 127. The van der Waals surface area contributed by atoms with E-state index in [0.717, 1.165) is 32.5 Å². The van der Waals surface area contributed by atoms with Crippen LogP contribution in [0.5, 0.6) is 5.75 Å². The highest BCUT2D eigenvalue weighted by molar-refractivity contribution is 14.1. The normalized spacial score (nSPS) is 10.4. The van der Waals surface area contributed by atoms with Crippen LogP contribution in [0.2, 0.25) is 0 Å². The van der Waals surface area contributed by atoms with Crippen LogP contribution in [0.4, 0.5) is 0 Å². The van der Waals surface area contributed by atoms with E-state index in [-0.39, 0.29) is 0 Å². The summed E-state index contributed by atoms with van der Waals surface area (Å²) in [4.78, 5) is 0. The molecule has 1 heterocycles. The number of halogens is 1. The van der Waals surface area contributed by atoms with E-state index in [1.54, 1.807) is 7.11 Å². The summed E-state index contributed by atoms with van der Waals surface area (Å²) in [5, 5.41) is 10.1. The first-order valence-electron chi connectivity index (χ1n) is 4.98. The van der Waals surface area contributed by atoms with Crippen molar-refractivity contribution >= 4 is 33.5 Å². The number of hydrogen-bond acceptors (Lipinski definition) is 2. The van der Waals surface area contributed by atoms with Crippen molar-refractivity contribution in [2.24, 2.45) is 0 Å². The molecule has 0 unspecified atom stereocenters. The molecule has 0 aliphatic carbocycles. The fourth-order valence-electron chi connectivity index (χ4n) is 1.84. The number of hydrogen-bond donors (Lipinski definition) is 0. The van der Waals surface area contributed by atoms with Gasteiger partial charge >= 0.3 is 0 Å². The number of ether oxygens (including phenoxy) is 1. The molecule has 0 fully saturated rings. The molecule has 2 aromatic rings. The van der Waals surface area contributed by atoms with Gasteiger partial charge in [0.1, 0.15) is 11.8 Å². The molecular formula is C12H11IN2O. The Morgan fingerprint density at radius 3 is 2.81 bits per heavy atom. The van der Waals surface area contributed by atoms with E-state index < -0.39 is 0 Å². The summed E-state index contributed by atoms with van der Waals surface area (Å²) in [6.07, 6.45) is 0. The lowest BCUT2D eigenvalue weighted by molar-refractivity contribution is 0.415. The lowest BCUT2D eigenvalue weighted by Gasteiger charge is -2.04. The molecule has 16 heavy (non-hydrogen) atoms. The number of nitrogens with zero attached hydrogens (tertiary/aromatic N) is 2. The van der Waals surface area contributed by atoms with Crippen molar-refractivity contribution in [1.82, 2.24) is 4.57 Å². The second-order valence-electron chi connectivity index (χ2n) is 3.40. The Bertz CT molecular complexity index is 581. The monoisotopic (exact) mass is 326 g/mol. The Labute approximate surface area is 108 Å². The van der Waals surface area contributed by atoms with Crippen molar-refractivity contribution in [2.45, 2.75) is 13.5 Å². The van der Waals surface area contributed by atoms with Gasteiger partial charge in [-0.1, -0.05) is 0 Å². The van der Waals surface area contributed by atoms with Crippen LogP contribution < -0.4 is 4.74 Å². The van der Waals surface area contributed by atoms with Crippen LogP contribution >= 0.6 is 22.6 Å². The van der Waals surface area contributed by atoms with Crippen LogP contribution in [0, 0.1) is 15.0 Å². The standard InChI is InChI=1S/C12H11IN2O/c1-3-15-11-6-8(16-2)4-5-9(11)10(7-14)12(15)13/h4-6H,3H2,1-2H3. The third kappa shape index (κ3) is 1.55. The Morgan fingerprint density at radius 1 is 1.50 bits per heavy atom. The molecule has 4 heteroatoms.